The number of aromatic nitrogens is 2. The van der Waals surface area contributed by atoms with Crippen molar-refractivity contribution in [3.05, 3.63) is 41.7 Å². The second-order valence-corrected chi connectivity index (χ2v) is 3.43. The summed E-state index contributed by atoms with van der Waals surface area (Å²) < 4.78 is 10.7. The zero-order valence-electron chi connectivity index (χ0n) is 8.51. The zero-order chi connectivity index (χ0) is 10.8. The van der Waals surface area contributed by atoms with Crippen molar-refractivity contribution >= 4 is 12.2 Å². The molecule has 3 rings (SSSR count). The van der Waals surface area contributed by atoms with Crippen molar-refractivity contribution in [3.63, 3.8) is 0 Å². The van der Waals surface area contributed by atoms with E-state index in [9.17, 15) is 0 Å². The highest BCUT2D eigenvalue weighted by Crippen LogP contribution is 2.36. The van der Waals surface area contributed by atoms with Crippen LogP contribution in [-0.4, -0.2) is 17.0 Å². The van der Waals surface area contributed by atoms with Crippen LogP contribution in [-0.2, 0) is 0 Å². The number of hydrogen-bond donors (Lipinski definition) is 1. The minimum Gasteiger partial charge on any atom is -0.454 e. The third kappa shape index (κ3) is 1.54. The molecule has 0 bridgehead atoms. The molecule has 16 heavy (non-hydrogen) atoms. The summed E-state index contributed by atoms with van der Waals surface area (Å²) >= 11 is 0. The third-order valence-corrected chi connectivity index (χ3v) is 2.39. The van der Waals surface area contributed by atoms with Gasteiger partial charge in [0.2, 0.25) is 6.79 Å². The zero-order valence-corrected chi connectivity index (χ0v) is 8.51. The molecule has 2 heterocycles. The van der Waals surface area contributed by atoms with Crippen LogP contribution in [0.3, 0.4) is 0 Å². The molecule has 0 spiro atoms. The second kappa shape index (κ2) is 3.73. The van der Waals surface area contributed by atoms with Crippen molar-refractivity contribution in [2.75, 3.05) is 6.79 Å². The van der Waals surface area contributed by atoms with Crippen LogP contribution in [0.15, 0.2) is 30.5 Å². The fourth-order valence-corrected chi connectivity index (χ4v) is 1.62. The normalized spacial score (nSPS) is 13.5. The van der Waals surface area contributed by atoms with Gasteiger partial charge in [-0.05, 0) is 24.3 Å². The lowest BCUT2D eigenvalue weighted by atomic mass is 10.1. The maximum absolute atomic E-state index is 5.40. The molecule has 4 heteroatoms. The van der Waals surface area contributed by atoms with Gasteiger partial charge in [-0.25, -0.2) is 0 Å². The number of para-hydroxylation sites is 1. The van der Waals surface area contributed by atoms with E-state index in [0.717, 1.165) is 22.8 Å². The standard InChI is InChI=1S/C12H10N2O2/c1-2-9(4-5-10-6-7-13-14-10)12-11(3-1)15-8-16-12/h1-7H,8H2,(H,13,14)/b5-4-. The van der Waals surface area contributed by atoms with E-state index in [1.807, 2.05) is 36.4 Å². The van der Waals surface area contributed by atoms with Gasteiger partial charge in [0.15, 0.2) is 11.5 Å². The van der Waals surface area contributed by atoms with Gasteiger partial charge in [-0.2, -0.15) is 5.10 Å². The van der Waals surface area contributed by atoms with Crippen LogP contribution >= 0.6 is 0 Å². The molecule has 1 N–H and O–H groups in total. The van der Waals surface area contributed by atoms with Gasteiger partial charge in [-0.1, -0.05) is 12.1 Å². The number of ether oxygens (including phenoxy) is 2. The average molecular weight is 214 g/mol. The van der Waals surface area contributed by atoms with E-state index in [1.54, 1.807) is 6.20 Å². The summed E-state index contributed by atoms with van der Waals surface area (Å²) in [4.78, 5) is 0. The molecule has 0 aliphatic carbocycles. The van der Waals surface area contributed by atoms with Crippen LogP contribution in [0.2, 0.25) is 0 Å². The molecule has 0 saturated heterocycles. The number of benzene rings is 1. The van der Waals surface area contributed by atoms with Crippen LogP contribution in [0.4, 0.5) is 0 Å². The molecule has 0 atom stereocenters. The number of H-pyrrole nitrogens is 1. The van der Waals surface area contributed by atoms with E-state index in [2.05, 4.69) is 10.2 Å². The summed E-state index contributed by atoms with van der Waals surface area (Å²) in [5.41, 5.74) is 1.96. The lowest BCUT2D eigenvalue weighted by molar-refractivity contribution is 0.174. The minimum atomic E-state index is 0.296. The van der Waals surface area contributed by atoms with Gasteiger partial charge in [0, 0.05) is 11.8 Å². The number of nitrogens with zero attached hydrogens (tertiary/aromatic N) is 1. The van der Waals surface area contributed by atoms with Crippen molar-refractivity contribution in [2.24, 2.45) is 0 Å². The van der Waals surface area contributed by atoms with Crippen molar-refractivity contribution < 1.29 is 9.47 Å². The Kier molecular flexibility index (Phi) is 2.11. The SMILES string of the molecule is C(=C/c1cccc2c1OCO2)/c1ccn[nH]1. The summed E-state index contributed by atoms with van der Waals surface area (Å²) in [7, 11) is 0. The number of nitrogens with one attached hydrogen (secondary N) is 1. The monoisotopic (exact) mass is 214 g/mol. The van der Waals surface area contributed by atoms with Crippen molar-refractivity contribution in [1.82, 2.24) is 10.2 Å². The van der Waals surface area contributed by atoms with Gasteiger partial charge in [0.1, 0.15) is 0 Å². The molecule has 4 nitrogen and oxygen atoms in total. The lowest BCUT2D eigenvalue weighted by Gasteiger charge is -1.99. The Labute approximate surface area is 92.5 Å². The van der Waals surface area contributed by atoms with Crippen LogP contribution < -0.4 is 9.47 Å². The molecule has 80 valence electrons. The highest BCUT2D eigenvalue weighted by molar-refractivity contribution is 5.73. The summed E-state index contributed by atoms with van der Waals surface area (Å²) in [5, 5.41) is 6.74. The highest BCUT2D eigenvalue weighted by atomic mass is 16.7. The van der Waals surface area contributed by atoms with Crippen LogP contribution in [0.25, 0.3) is 12.2 Å². The Morgan fingerprint density at radius 1 is 1.19 bits per heavy atom. The molecule has 2 aromatic rings. The number of aromatic amines is 1. The first kappa shape index (κ1) is 9.03. The largest absolute Gasteiger partial charge is 0.454 e. The molecular formula is C12H10N2O2. The first-order chi connectivity index (χ1) is 7.93. The van der Waals surface area contributed by atoms with Crippen molar-refractivity contribution in [3.8, 4) is 11.5 Å². The highest BCUT2D eigenvalue weighted by Gasteiger charge is 2.15. The van der Waals surface area contributed by atoms with Crippen molar-refractivity contribution in [1.29, 1.82) is 0 Å². The Hall–Kier alpha value is -2.23. The van der Waals surface area contributed by atoms with E-state index < -0.39 is 0 Å². The first-order valence-electron chi connectivity index (χ1n) is 4.99. The number of fused-ring (bicyclic) bond motifs is 1. The molecule has 0 radical (unpaired) electrons. The number of hydrogen-bond acceptors (Lipinski definition) is 3. The van der Waals surface area contributed by atoms with Gasteiger partial charge >= 0.3 is 0 Å². The molecule has 1 aliphatic rings. The quantitative estimate of drug-likeness (QED) is 0.834. The molecule has 1 aromatic carbocycles. The molecule has 0 fully saturated rings. The minimum absolute atomic E-state index is 0.296. The van der Waals surface area contributed by atoms with Gasteiger partial charge in [-0.15, -0.1) is 0 Å². The fraction of sp³-hybridized carbons (Fsp3) is 0.0833. The van der Waals surface area contributed by atoms with Crippen LogP contribution in [0.1, 0.15) is 11.3 Å². The summed E-state index contributed by atoms with van der Waals surface area (Å²) in [6, 6.07) is 7.73. The van der Waals surface area contributed by atoms with Gasteiger partial charge in [0.05, 0.1) is 5.69 Å². The number of rotatable bonds is 2. The Morgan fingerprint density at radius 2 is 2.19 bits per heavy atom. The van der Waals surface area contributed by atoms with Gasteiger partial charge in [0.25, 0.3) is 0 Å². The molecule has 1 aromatic heterocycles. The first-order valence-corrected chi connectivity index (χ1v) is 4.99. The van der Waals surface area contributed by atoms with E-state index in [1.165, 1.54) is 0 Å². The maximum atomic E-state index is 5.40. The van der Waals surface area contributed by atoms with Crippen LogP contribution in [0.5, 0.6) is 11.5 Å². The Bertz CT molecular complexity index is 518. The summed E-state index contributed by atoms with van der Waals surface area (Å²) in [6.45, 7) is 0.296. The van der Waals surface area contributed by atoms with Crippen LogP contribution in [0, 0.1) is 0 Å². The average Bonchev–Trinajstić information content (AvgIpc) is 2.97. The predicted octanol–water partition coefficient (Wildman–Crippen LogP) is 2.31. The fourth-order valence-electron chi connectivity index (χ4n) is 1.62. The lowest BCUT2D eigenvalue weighted by Crippen LogP contribution is -1.93. The van der Waals surface area contributed by atoms with E-state index >= 15 is 0 Å². The molecule has 0 unspecified atom stereocenters. The smallest absolute Gasteiger partial charge is 0.231 e. The van der Waals surface area contributed by atoms with E-state index in [4.69, 9.17) is 9.47 Å². The molecule has 0 saturated carbocycles. The van der Waals surface area contributed by atoms with Crippen molar-refractivity contribution in [2.45, 2.75) is 0 Å². The van der Waals surface area contributed by atoms with E-state index in [0.29, 0.717) is 6.79 Å². The second-order valence-electron chi connectivity index (χ2n) is 3.43. The molecular weight excluding hydrogens is 204 g/mol. The van der Waals surface area contributed by atoms with E-state index in [-0.39, 0.29) is 0 Å². The van der Waals surface area contributed by atoms with Gasteiger partial charge < -0.3 is 9.47 Å². The molecule has 0 amide bonds. The molecule has 1 aliphatic heterocycles. The summed E-state index contributed by atoms with van der Waals surface area (Å²) in [5.74, 6) is 1.60. The predicted molar refractivity (Wildman–Crippen MR) is 60.1 cm³/mol. The maximum Gasteiger partial charge on any atom is 0.231 e. The Balaban J connectivity index is 1.93. The topological polar surface area (TPSA) is 47.1 Å². The van der Waals surface area contributed by atoms with Gasteiger partial charge in [-0.3, -0.25) is 5.10 Å². The Morgan fingerprint density at radius 3 is 3.06 bits per heavy atom. The third-order valence-electron chi connectivity index (χ3n) is 2.39. The summed E-state index contributed by atoms with van der Waals surface area (Å²) in [6.07, 6.45) is 5.64.